The summed E-state index contributed by atoms with van der Waals surface area (Å²) in [5.74, 6) is 1.57. The number of ether oxygens (including phenoxy) is 1. The molecule has 17 heavy (non-hydrogen) atoms. The molecule has 2 aromatic carbocycles. The number of benzene rings is 2. The van der Waals surface area contributed by atoms with Gasteiger partial charge >= 0.3 is 0 Å². The number of hydrogen-bond acceptors (Lipinski definition) is 3. The molecule has 0 aliphatic rings. The van der Waals surface area contributed by atoms with Gasteiger partial charge in [0.2, 0.25) is 0 Å². The standard InChI is InChI=1S/C14H12O2S/c1-17-14-5-3-2-4-13(14)16-12-8-6-11(10-15)7-9-12/h2-10H,1H3. The van der Waals surface area contributed by atoms with E-state index in [0.29, 0.717) is 5.56 Å². The van der Waals surface area contributed by atoms with E-state index < -0.39 is 0 Å². The van der Waals surface area contributed by atoms with Crippen LogP contribution >= 0.6 is 11.8 Å². The average Bonchev–Trinajstić information content (AvgIpc) is 2.40. The minimum absolute atomic E-state index is 0.649. The molecule has 0 fully saturated rings. The summed E-state index contributed by atoms with van der Waals surface area (Å²) in [5.41, 5.74) is 0.649. The molecule has 0 aliphatic heterocycles. The van der Waals surface area contributed by atoms with Gasteiger partial charge in [0.05, 0.1) is 0 Å². The molecule has 2 rings (SSSR count). The highest BCUT2D eigenvalue weighted by molar-refractivity contribution is 7.98. The van der Waals surface area contributed by atoms with Gasteiger partial charge in [-0.2, -0.15) is 0 Å². The van der Waals surface area contributed by atoms with Crippen molar-refractivity contribution in [3.8, 4) is 11.5 Å². The van der Waals surface area contributed by atoms with E-state index in [0.717, 1.165) is 22.7 Å². The maximum absolute atomic E-state index is 10.5. The molecule has 0 atom stereocenters. The van der Waals surface area contributed by atoms with Gasteiger partial charge in [-0.3, -0.25) is 4.79 Å². The fraction of sp³-hybridized carbons (Fsp3) is 0.0714. The topological polar surface area (TPSA) is 26.3 Å². The van der Waals surface area contributed by atoms with E-state index in [1.807, 2.05) is 30.5 Å². The summed E-state index contributed by atoms with van der Waals surface area (Å²) in [5, 5.41) is 0. The third-order valence-electron chi connectivity index (χ3n) is 2.31. The molecular weight excluding hydrogens is 232 g/mol. The first-order valence-electron chi connectivity index (χ1n) is 5.19. The Labute approximate surface area is 105 Å². The lowest BCUT2D eigenvalue weighted by molar-refractivity contribution is 0.112. The number of carbonyl (C=O) groups is 1. The van der Waals surface area contributed by atoms with Crippen LogP contribution in [0.4, 0.5) is 0 Å². The monoisotopic (exact) mass is 244 g/mol. The molecule has 2 aromatic rings. The third-order valence-corrected chi connectivity index (χ3v) is 3.09. The second kappa shape index (κ2) is 5.55. The van der Waals surface area contributed by atoms with Crippen molar-refractivity contribution in [1.29, 1.82) is 0 Å². The normalized spacial score (nSPS) is 9.94. The highest BCUT2D eigenvalue weighted by Gasteiger charge is 2.02. The van der Waals surface area contributed by atoms with Crippen molar-refractivity contribution in [3.63, 3.8) is 0 Å². The lowest BCUT2D eigenvalue weighted by Crippen LogP contribution is -1.87. The molecule has 0 bridgehead atoms. The van der Waals surface area contributed by atoms with Crippen LogP contribution in [0.1, 0.15) is 10.4 Å². The van der Waals surface area contributed by atoms with Crippen molar-refractivity contribution in [2.24, 2.45) is 0 Å². The number of thioether (sulfide) groups is 1. The van der Waals surface area contributed by atoms with E-state index in [4.69, 9.17) is 4.74 Å². The quantitative estimate of drug-likeness (QED) is 0.600. The van der Waals surface area contributed by atoms with Crippen molar-refractivity contribution in [3.05, 3.63) is 54.1 Å². The molecule has 0 unspecified atom stereocenters. The van der Waals surface area contributed by atoms with E-state index in [9.17, 15) is 4.79 Å². The van der Waals surface area contributed by atoms with E-state index in [1.165, 1.54) is 0 Å². The van der Waals surface area contributed by atoms with Gasteiger partial charge in [0.1, 0.15) is 17.8 Å². The van der Waals surface area contributed by atoms with Gasteiger partial charge in [0.25, 0.3) is 0 Å². The first-order chi connectivity index (χ1) is 8.33. The minimum Gasteiger partial charge on any atom is -0.456 e. The van der Waals surface area contributed by atoms with E-state index in [1.54, 1.807) is 36.0 Å². The Hall–Kier alpha value is -1.74. The smallest absolute Gasteiger partial charge is 0.150 e. The highest BCUT2D eigenvalue weighted by Crippen LogP contribution is 2.31. The summed E-state index contributed by atoms with van der Waals surface area (Å²) in [6, 6.07) is 14.9. The zero-order chi connectivity index (χ0) is 12.1. The van der Waals surface area contributed by atoms with Crippen LogP contribution in [0.25, 0.3) is 0 Å². The first-order valence-corrected chi connectivity index (χ1v) is 6.42. The average molecular weight is 244 g/mol. The Kier molecular flexibility index (Phi) is 3.83. The van der Waals surface area contributed by atoms with Crippen molar-refractivity contribution >= 4 is 18.0 Å². The van der Waals surface area contributed by atoms with Gasteiger partial charge in [-0.1, -0.05) is 12.1 Å². The van der Waals surface area contributed by atoms with Crippen LogP contribution in [0.3, 0.4) is 0 Å². The summed E-state index contributed by atoms with van der Waals surface area (Å²) in [4.78, 5) is 11.6. The molecule has 0 aromatic heterocycles. The largest absolute Gasteiger partial charge is 0.456 e. The molecule has 0 aliphatic carbocycles. The molecule has 0 saturated heterocycles. The van der Waals surface area contributed by atoms with Crippen LogP contribution in [0.15, 0.2) is 53.4 Å². The molecule has 0 amide bonds. The lowest BCUT2D eigenvalue weighted by atomic mass is 10.2. The van der Waals surface area contributed by atoms with Crippen LogP contribution < -0.4 is 4.74 Å². The minimum atomic E-state index is 0.649. The number of aldehydes is 1. The number of carbonyl (C=O) groups excluding carboxylic acids is 1. The lowest BCUT2D eigenvalue weighted by Gasteiger charge is -2.09. The van der Waals surface area contributed by atoms with Crippen LogP contribution in [0, 0.1) is 0 Å². The summed E-state index contributed by atoms with van der Waals surface area (Å²) in [6.07, 6.45) is 2.83. The van der Waals surface area contributed by atoms with Gasteiger partial charge < -0.3 is 4.74 Å². The van der Waals surface area contributed by atoms with Gasteiger partial charge in [0, 0.05) is 10.5 Å². The van der Waals surface area contributed by atoms with Gasteiger partial charge in [-0.25, -0.2) is 0 Å². The molecular formula is C14H12O2S. The molecule has 3 heteroatoms. The van der Waals surface area contributed by atoms with Crippen molar-refractivity contribution in [2.75, 3.05) is 6.26 Å². The number of hydrogen-bond donors (Lipinski definition) is 0. The second-order valence-corrected chi connectivity index (χ2v) is 4.29. The summed E-state index contributed by atoms with van der Waals surface area (Å²) < 4.78 is 5.76. The van der Waals surface area contributed by atoms with Gasteiger partial charge in [-0.05, 0) is 42.7 Å². The Morgan fingerprint density at radius 1 is 1.06 bits per heavy atom. The Balaban J connectivity index is 2.21. The predicted molar refractivity (Wildman–Crippen MR) is 70.1 cm³/mol. The third kappa shape index (κ3) is 2.88. The summed E-state index contributed by atoms with van der Waals surface area (Å²) in [6.45, 7) is 0. The van der Waals surface area contributed by atoms with E-state index >= 15 is 0 Å². The summed E-state index contributed by atoms with van der Waals surface area (Å²) in [7, 11) is 0. The van der Waals surface area contributed by atoms with Crippen LogP contribution in [-0.2, 0) is 0 Å². The maximum Gasteiger partial charge on any atom is 0.150 e. The Bertz CT molecular complexity index is 506. The second-order valence-electron chi connectivity index (χ2n) is 3.44. The fourth-order valence-electron chi connectivity index (χ4n) is 1.44. The van der Waals surface area contributed by atoms with Crippen molar-refractivity contribution in [2.45, 2.75) is 4.90 Å². The number of para-hydroxylation sites is 1. The first kappa shape index (κ1) is 11.7. The van der Waals surface area contributed by atoms with Crippen LogP contribution in [0.2, 0.25) is 0 Å². The van der Waals surface area contributed by atoms with Crippen molar-refractivity contribution in [1.82, 2.24) is 0 Å². The predicted octanol–water partition coefficient (Wildman–Crippen LogP) is 4.01. The number of rotatable bonds is 4. The Morgan fingerprint density at radius 3 is 2.41 bits per heavy atom. The zero-order valence-corrected chi connectivity index (χ0v) is 10.2. The SMILES string of the molecule is CSc1ccccc1Oc1ccc(C=O)cc1. The van der Waals surface area contributed by atoms with Gasteiger partial charge in [-0.15, -0.1) is 11.8 Å². The zero-order valence-electron chi connectivity index (χ0n) is 9.42. The molecule has 0 N–H and O–H groups in total. The molecule has 2 nitrogen and oxygen atoms in total. The van der Waals surface area contributed by atoms with E-state index in [-0.39, 0.29) is 0 Å². The van der Waals surface area contributed by atoms with Crippen LogP contribution in [-0.4, -0.2) is 12.5 Å². The molecule has 86 valence electrons. The maximum atomic E-state index is 10.5. The summed E-state index contributed by atoms with van der Waals surface area (Å²) >= 11 is 1.64. The van der Waals surface area contributed by atoms with E-state index in [2.05, 4.69) is 0 Å². The van der Waals surface area contributed by atoms with Gasteiger partial charge in [0.15, 0.2) is 0 Å². The molecule has 0 radical (unpaired) electrons. The highest BCUT2D eigenvalue weighted by atomic mass is 32.2. The molecule has 0 spiro atoms. The molecule has 0 saturated carbocycles. The Morgan fingerprint density at radius 2 is 1.76 bits per heavy atom. The molecule has 0 heterocycles. The van der Waals surface area contributed by atoms with Crippen LogP contribution in [0.5, 0.6) is 11.5 Å². The van der Waals surface area contributed by atoms with Crippen molar-refractivity contribution < 1.29 is 9.53 Å². The fourth-order valence-corrected chi connectivity index (χ4v) is 1.97.